The molecule has 0 aromatic heterocycles. The van der Waals surface area contributed by atoms with Crippen LogP contribution >= 0.6 is 0 Å². The van der Waals surface area contributed by atoms with E-state index in [1.165, 1.54) is 7.11 Å². The highest BCUT2D eigenvalue weighted by Crippen LogP contribution is 2.47. The molecule has 0 spiro atoms. The lowest BCUT2D eigenvalue weighted by Gasteiger charge is -2.36. The van der Waals surface area contributed by atoms with Crippen LogP contribution in [0.2, 0.25) is 0 Å². The van der Waals surface area contributed by atoms with Crippen molar-refractivity contribution < 1.29 is 28.9 Å². The van der Waals surface area contributed by atoms with E-state index in [-0.39, 0.29) is 43.0 Å². The summed E-state index contributed by atoms with van der Waals surface area (Å²) in [5.41, 5.74) is 1.65. The molecule has 1 aromatic rings. The van der Waals surface area contributed by atoms with Gasteiger partial charge in [0.25, 0.3) is 0 Å². The Kier molecular flexibility index (Phi) is 5.98. The molecule has 0 unspecified atom stereocenters. The summed E-state index contributed by atoms with van der Waals surface area (Å²) in [5, 5.41) is 12.6. The van der Waals surface area contributed by atoms with E-state index in [0.29, 0.717) is 18.7 Å². The molecule has 2 aliphatic heterocycles. The number of fused-ring (bicyclic) bond motifs is 3. The van der Waals surface area contributed by atoms with E-state index in [0.717, 1.165) is 11.3 Å². The van der Waals surface area contributed by atoms with Crippen LogP contribution in [0.5, 0.6) is 5.75 Å². The van der Waals surface area contributed by atoms with Crippen LogP contribution in [0, 0.1) is 0 Å². The van der Waals surface area contributed by atoms with Crippen molar-refractivity contribution in [2.24, 2.45) is 0 Å². The lowest BCUT2D eigenvalue weighted by molar-refractivity contribution is -0.156. The molecule has 2 aliphatic rings. The SMILES string of the molecule is COC(=O)C[C@@H]1C[C@H]2c3cc(NC(=O)CN(C)C)ccc3O[C@H]2[C@@H](CO)O1. The summed E-state index contributed by atoms with van der Waals surface area (Å²) in [7, 11) is 5.01. The van der Waals surface area contributed by atoms with Gasteiger partial charge in [0.2, 0.25) is 5.91 Å². The second kappa shape index (κ2) is 8.24. The minimum Gasteiger partial charge on any atom is -0.487 e. The number of hydrogen-bond acceptors (Lipinski definition) is 7. The zero-order chi connectivity index (χ0) is 19.6. The molecule has 1 amide bonds. The zero-order valence-electron chi connectivity index (χ0n) is 15.8. The molecule has 27 heavy (non-hydrogen) atoms. The van der Waals surface area contributed by atoms with E-state index in [4.69, 9.17) is 14.2 Å². The molecule has 4 atom stereocenters. The molecule has 2 heterocycles. The molecule has 8 nitrogen and oxygen atoms in total. The molecule has 1 saturated heterocycles. The van der Waals surface area contributed by atoms with Crippen LogP contribution in [-0.4, -0.2) is 74.6 Å². The van der Waals surface area contributed by atoms with E-state index >= 15 is 0 Å². The quantitative estimate of drug-likeness (QED) is 0.705. The summed E-state index contributed by atoms with van der Waals surface area (Å²) in [6.07, 6.45) is -0.468. The molecule has 1 fully saturated rings. The third-order valence-electron chi connectivity index (χ3n) is 4.86. The lowest BCUT2D eigenvalue weighted by Crippen LogP contribution is -2.46. The van der Waals surface area contributed by atoms with Gasteiger partial charge in [-0.1, -0.05) is 0 Å². The highest BCUT2D eigenvalue weighted by molar-refractivity contribution is 5.92. The maximum atomic E-state index is 12.0. The molecule has 148 valence electrons. The van der Waals surface area contributed by atoms with Gasteiger partial charge in [-0.3, -0.25) is 9.59 Å². The van der Waals surface area contributed by atoms with Gasteiger partial charge in [-0.05, 0) is 38.7 Å². The summed E-state index contributed by atoms with van der Waals surface area (Å²) < 4.78 is 16.6. The number of amides is 1. The Morgan fingerprint density at radius 3 is 2.81 bits per heavy atom. The Bertz CT molecular complexity index is 707. The molecule has 2 N–H and O–H groups in total. The first-order valence-corrected chi connectivity index (χ1v) is 8.99. The van der Waals surface area contributed by atoms with Crippen molar-refractivity contribution >= 4 is 17.6 Å². The number of methoxy groups -OCH3 is 1. The van der Waals surface area contributed by atoms with E-state index in [1.807, 2.05) is 26.2 Å². The van der Waals surface area contributed by atoms with Crippen molar-refractivity contribution in [3.05, 3.63) is 23.8 Å². The van der Waals surface area contributed by atoms with Crippen LogP contribution in [0.3, 0.4) is 0 Å². The molecule has 3 rings (SSSR count). The standard InChI is InChI=1S/C19H26N2O6/c1-21(2)9-17(23)20-11-4-5-15-13(6-11)14-7-12(8-18(24)25-3)26-16(10-22)19(14)27-15/h4-6,12,14,16,19,22H,7-10H2,1-3H3,(H,20,23)/t12-,14-,16+,19+/m0/s1. The molecule has 0 aliphatic carbocycles. The Hall–Kier alpha value is -2.16. The fraction of sp³-hybridized carbons (Fsp3) is 0.579. The van der Waals surface area contributed by atoms with Gasteiger partial charge in [-0.15, -0.1) is 0 Å². The van der Waals surface area contributed by atoms with Crippen LogP contribution in [0.4, 0.5) is 5.69 Å². The first kappa shape index (κ1) is 19.6. The van der Waals surface area contributed by atoms with Gasteiger partial charge in [0, 0.05) is 17.2 Å². The maximum absolute atomic E-state index is 12.0. The minimum absolute atomic E-state index is 0.0220. The number of nitrogens with one attached hydrogen (secondary N) is 1. The van der Waals surface area contributed by atoms with Crippen molar-refractivity contribution in [2.75, 3.05) is 39.7 Å². The van der Waals surface area contributed by atoms with Crippen LogP contribution in [0.25, 0.3) is 0 Å². The van der Waals surface area contributed by atoms with Crippen LogP contribution < -0.4 is 10.1 Å². The summed E-state index contributed by atoms with van der Waals surface area (Å²) in [6, 6.07) is 5.52. The van der Waals surface area contributed by atoms with Crippen LogP contribution in [-0.2, 0) is 19.1 Å². The lowest BCUT2D eigenvalue weighted by atomic mass is 9.84. The van der Waals surface area contributed by atoms with Crippen molar-refractivity contribution in [3.8, 4) is 5.75 Å². The Morgan fingerprint density at radius 2 is 2.15 bits per heavy atom. The number of likely N-dealkylation sites (N-methyl/N-ethyl adjacent to an activating group) is 1. The number of ether oxygens (including phenoxy) is 3. The highest BCUT2D eigenvalue weighted by Gasteiger charge is 2.46. The first-order chi connectivity index (χ1) is 12.9. The predicted octanol–water partition coefficient (Wildman–Crippen LogP) is 0.744. The number of aliphatic hydroxyl groups is 1. The van der Waals surface area contributed by atoms with Gasteiger partial charge in [0.15, 0.2) is 0 Å². The number of anilines is 1. The third-order valence-corrected chi connectivity index (χ3v) is 4.86. The second-order valence-corrected chi connectivity index (χ2v) is 7.22. The monoisotopic (exact) mass is 378 g/mol. The van der Waals surface area contributed by atoms with Crippen molar-refractivity contribution in [2.45, 2.75) is 37.1 Å². The van der Waals surface area contributed by atoms with E-state index in [1.54, 1.807) is 11.0 Å². The Labute approximate surface area is 158 Å². The molecule has 1 aromatic carbocycles. The fourth-order valence-corrected chi connectivity index (χ4v) is 3.72. The van der Waals surface area contributed by atoms with Gasteiger partial charge in [-0.25, -0.2) is 0 Å². The fourth-order valence-electron chi connectivity index (χ4n) is 3.72. The summed E-state index contributed by atoms with van der Waals surface area (Å²) >= 11 is 0. The number of hydrogen-bond donors (Lipinski definition) is 2. The van der Waals surface area contributed by atoms with E-state index in [2.05, 4.69) is 5.32 Å². The highest BCUT2D eigenvalue weighted by atomic mass is 16.6. The van der Waals surface area contributed by atoms with Crippen molar-refractivity contribution in [3.63, 3.8) is 0 Å². The topological polar surface area (TPSA) is 97.3 Å². The third kappa shape index (κ3) is 4.40. The summed E-state index contributed by atoms with van der Waals surface area (Å²) in [6.45, 7) is 0.0977. The average Bonchev–Trinajstić information content (AvgIpc) is 2.98. The molecular weight excluding hydrogens is 352 g/mol. The normalized spacial score (nSPS) is 26.1. The van der Waals surface area contributed by atoms with Gasteiger partial charge < -0.3 is 29.5 Å². The minimum atomic E-state index is -0.516. The number of benzene rings is 1. The smallest absolute Gasteiger partial charge is 0.308 e. The number of esters is 1. The van der Waals surface area contributed by atoms with Crippen molar-refractivity contribution in [1.29, 1.82) is 0 Å². The van der Waals surface area contributed by atoms with Gasteiger partial charge in [-0.2, -0.15) is 0 Å². The maximum Gasteiger partial charge on any atom is 0.308 e. The first-order valence-electron chi connectivity index (χ1n) is 8.99. The molecule has 0 radical (unpaired) electrons. The molecular formula is C19H26N2O6. The van der Waals surface area contributed by atoms with Crippen LogP contribution in [0.1, 0.15) is 24.3 Å². The van der Waals surface area contributed by atoms with Gasteiger partial charge in [0.1, 0.15) is 18.0 Å². The van der Waals surface area contributed by atoms with Crippen LogP contribution in [0.15, 0.2) is 18.2 Å². The Balaban J connectivity index is 1.78. The number of carbonyl (C=O) groups excluding carboxylic acids is 2. The van der Waals surface area contributed by atoms with E-state index in [9.17, 15) is 14.7 Å². The van der Waals surface area contributed by atoms with Gasteiger partial charge in [0.05, 0.1) is 32.8 Å². The molecule has 8 heteroatoms. The van der Waals surface area contributed by atoms with E-state index < -0.39 is 6.10 Å². The average molecular weight is 378 g/mol. The predicted molar refractivity (Wildman–Crippen MR) is 97.8 cm³/mol. The van der Waals surface area contributed by atoms with Gasteiger partial charge >= 0.3 is 5.97 Å². The number of aliphatic hydroxyl groups excluding tert-OH is 1. The zero-order valence-corrected chi connectivity index (χ0v) is 15.8. The Morgan fingerprint density at radius 1 is 1.37 bits per heavy atom. The number of rotatable bonds is 6. The molecule has 0 saturated carbocycles. The van der Waals surface area contributed by atoms with Crippen molar-refractivity contribution in [1.82, 2.24) is 4.90 Å². The largest absolute Gasteiger partial charge is 0.487 e. The summed E-state index contributed by atoms with van der Waals surface area (Å²) in [5.74, 6) is 0.251. The second-order valence-electron chi connectivity index (χ2n) is 7.22. The molecule has 0 bridgehead atoms. The number of carbonyl (C=O) groups is 2. The summed E-state index contributed by atoms with van der Waals surface area (Å²) in [4.78, 5) is 25.4. The number of nitrogens with zero attached hydrogens (tertiary/aromatic N) is 1.